The molecule has 1 saturated heterocycles. The Morgan fingerprint density at radius 2 is 1.57 bits per heavy atom. The zero-order chi connectivity index (χ0) is 29.0. The first-order chi connectivity index (χ1) is 20.6. The lowest BCUT2D eigenvalue weighted by Crippen LogP contribution is -2.42. The molecule has 0 aliphatic carbocycles. The van der Waals surface area contributed by atoms with Crippen molar-refractivity contribution in [2.45, 2.75) is 45.2 Å². The van der Waals surface area contributed by atoms with E-state index in [-0.39, 0.29) is 11.7 Å². The number of hydrogen-bond acceptors (Lipinski definition) is 4. The molecule has 0 bridgehead atoms. The average Bonchev–Trinajstić information content (AvgIpc) is 3.03. The number of nitrogens with one attached hydrogen (secondary N) is 1. The molecule has 0 atom stereocenters. The van der Waals surface area contributed by atoms with Gasteiger partial charge in [0.05, 0.1) is 24.5 Å². The van der Waals surface area contributed by atoms with Crippen LogP contribution in [0.2, 0.25) is 0 Å². The number of piperidine rings is 1. The predicted molar refractivity (Wildman–Crippen MR) is 167 cm³/mol. The van der Waals surface area contributed by atoms with Crippen LogP contribution in [-0.2, 0) is 24.3 Å². The molecule has 4 aromatic rings. The van der Waals surface area contributed by atoms with E-state index in [0.717, 1.165) is 47.1 Å². The molecule has 1 aliphatic rings. The van der Waals surface area contributed by atoms with Gasteiger partial charge >= 0.3 is 0 Å². The molecule has 1 aliphatic heterocycles. The standard InChI is InChI=1S/C35H38FN5O/c36-30-15-12-29(13-16-30)25-41(26-33-11-5-6-22-37-33)34(27-40-23-7-2-8-24-40)38-31-17-19-32(20-18-31)39-35(42)21-14-28-9-3-1-4-10-28/h1,3-6,9-13,15-20,22H,2,7-8,14,21,23-27H2,(H,39,42). The topological polar surface area (TPSA) is 60.8 Å². The van der Waals surface area contributed by atoms with Gasteiger partial charge in [-0.15, -0.1) is 0 Å². The number of hydrogen-bond donors (Lipinski definition) is 1. The number of pyridine rings is 1. The Kier molecular flexibility index (Phi) is 10.4. The zero-order valence-electron chi connectivity index (χ0n) is 24.0. The van der Waals surface area contributed by atoms with E-state index >= 15 is 0 Å². The molecule has 7 heteroatoms. The quantitative estimate of drug-likeness (QED) is 0.158. The highest BCUT2D eigenvalue weighted by Gasteiger charge is 2.19. The Hall–Kier alpha value is -4.36. The maximum atomic E-state index is 13.7. The van der Waals surface area contributed by atoms with Gasteiger partial charge in [-0.3, -0.25) is 14.7 Å². The van der Waals surface area contributed by atoms with Crippen LogP contribution in [0.3, 0.4) is 0 Å². The van der Waals surface area contributed by atoms with E-state index in [1.807, 2.05) is 84.9 Å². The number of carbonyl (C=O) groups excluding carboxylic acids is 1. The summed E-state index contributed by atoms with van der Waals surface area (Å²) in [5.74, 6) is 0.678. The van der Waals surface area contributed by atoms with E-state index in [1.165, 1.54) is 31.4 Å². The normalized spacial score (nSPS) is 14.0. The third-order valence-electron chi connectivity index (χ3n) is 7.44. The van der Waals surface area contributed by atoms with Gasteiger partial charge in [-0.05, 0) is 92.0 Å². The summed E-state index contributed by atoms with van der Waals surface area (Å²) in [6.45, 7) is 3.97. The average molecular weight is 564 g/mol. The molecule has 3 aromatic carbocycles. The smallest absolute Gasteiger partial charge is 0.224 e. The van der Waals surface area contributed by atoms with Gasteiger partial charge in [0.25, 0.3) is 0 Å². The van der Waals surface area contributed by atoms with E-state index in [2.05, 4.69) is 20.1 Å². The van der Waals surface area contributed by atoms with Gasteiger partial charge in [0.2, 0.25) is 5.91 Å². The van der Waals surface area contributed by atoms with Crippen LogP contribution >= 0.6 is 0 Å². The summed E-state index contributed by atoms with van der Waals surface area (Å²) in [5, 5.41) is 3.01. The minimum absolute atomic E-state index is 0.0123. The fourth-order valence-corrected chi connectivity index (χ4v) is 5.15. The second kappa shape index (κ2) is 15.0. The molecule has 6 nitrogen and oxygen atoms in total. The highest BCUT2D eigenvalue weighted by molar-refractivity contribution is 5.91. The Morgan fingerprint density at radius 1 is 0.833 bits per heavy atom. The summed E-state index contributed by atoms with van der Waals surface area (Å²) in [7, 11) is 0. The highest BCUT2D eigenvalue weighted by atomic mass is 19.1. The first kappa shape index (κ1) is 29.1. The third kappa shape index (κ3) is 9.08. The van der Waals surface area contributed by atoms with E-state index in [0.29, 0.717) is 32.5 Å². The largest absolute Gasteiger partial charge is 0.349 e. The lowest BCUT2D eigenvalue weighted by atomic mass is 10.1. The molecule has 216 valence electrons. The maximum absolute atomic E-state index is 13.7. The summed E-state index contributed by atoms with van der Waals surface area (Å²) in [6.07, 6.45) is 6.56. The van der Waals surface area contributed by atoms with Crippen molar-refractivity contribution >= 4 is 23.1 Å². The number of nitrogens with zero attached hydrogens (tertiary/aromatic N) is 4. The van der Waals surface area contributed by atoms with Crippen molar-refractivity contribution in [2.75, 3.05) is 25.0 Å². The van der Waals surface area contributed by atoms with Crippen molar-refractivity contribution in [2.24, 2.45) is 4.99 Å². The maximum Gasteiger partial charge on any atom is 0.224 e. The number of amidine groups is 1. The summed E-state index contributed by atoms with van der Waals surface area (Å²) >= 11 is 0. The summed E-state index contributed by atoms with van der Waals surface area (Å²) in [5.41, 5.74) is 4.66. The van der Waals surface area contributed by atoms with Gasteiger partial charge in [-0.25, -0.2) is 9.38 Å². The van der Waals surface area contributed by atoms with Gasteiger partial charge in [-0.1, -0.05) is 55.0 Å². The predicted octanol–water partition coefficient (Wildman–Crippen LogP) is 7.01. The summed E-state index contributed by atoms with van der Waals surface area (Å²) in [4.78, 5) is 27.0. The molecule has 5 rings (SSSR count). The number of benzene rings is 3. The second-order valence-corrected chi connectivity index (χ2v) is 10.7. The number of aromatic nitrogens is 1. The van der Waals surface area contributed by atoms with E-state index < -0.39 is 0 Å². The SMILES string of the molecule is O=C(CCc1ccccc1)Nc1ccc(N=C(CN2CCCCC2)N(Cc2ccc(F)cc2)Cc2ccccn2)cc1. The number of anilines is 1. The molecule has 1 aromatic heterocycles. The molecule has 0 spiro atoms. The molecule has 1 amide bonds. The number of likely N-dealkylation sites (tertiary alicyclic amines) is 1. The van der Waals surface area contributed by atoms with E-state index in [4.69, 9.17) is 4.99 Å². The second-order valence-electron chi connectivity index (χ2n) is 10.7. The van der Waals surface area contributed by atoms with Crippen molar-refractivity contribution in [3.63, 3.8) is 0 Å². The van der Waals surface area contributed by atoms with Crippen LogP contribution in [0.5, 0.6) is 0 Å². The number of aryl methyl sites for hydroxylation is 1. The van der Waals surface area contributed by atoms with E-state index in [1.54, 1.807) is 6.20 Å². The zero-order valence-corrected chi connectivity index (χ0v) is 24.0. The molecular formula is C35H38FN5O. The van der Waals surface area contributed by atoms with E-state index in [9.17, 15) is 9.18 Å². The monoisotopic (exact) mass is 563 g/mol. The number of rotatable bonds is 11. The van der Waals surface area contributed by atoms with Gasteiger partial charge in [0.15, 0.2) is 0 Å². The van der Waals surface area contributed by atoms with Crippen LogP contribution in [0.15, 0.2) is 108 Å². The lowest BCUT2D eigenvalue weighted by molar-refractivity contribution is -0.116. The van der Waals surface area contributed by atoms with Gasteiger partial charge in [0.1, 0.15) is 11.7 Å². The van der Waals surface area contributed by atoms with Gasteiger partial charge in [-0.2, -0.15) is 0 Å². The Morgan fingerprint density at radius 3 is 2.29 bits per heavy atom. The van der Waals surface area contributed by atoms with Crippen LogP contribution < -0.4 is 5.32 Å². The Labute approximate surface area is 247 Å². The molecule has 0 saturated carbocycles. The minimum atomic E-state index is -0.246. The first-order valence-electron chi connectivity index (χ1n) is 14.7. The molecule has 1 N–H and O–H groups in total. The minimum Gasteiger partial charge on any atom is -0.349 e. The third-order valence-corrected chi connectivity index (χ3v) is 7.44. The summed E-state index contributed by atoms with van der Waals surface area (Å²) in [6, 6.07) is 30.3. The molecular weight excluding hydrogens is 525 g/mol. The number of amides is 1. The molecule has 1 fully saturated rings. The van der Waals surface area contributed by atoms with Crippen LogP contribution in [0.1, 0.15) is 42.5 Å². The van der Waals surface area contributed by atoms with Crippen molar-refractivity contribution < 1.29 is 9.18 Å². The number of halogens is 1. The van der Waals surface area contributed by atoms with Crippen LogP contribution in [0.4, 0.5) is 15.8 Å². The van der Waals surface area contributed by atoms with Crippen LogP contribution in [-0.4, -0.2) is 46.2 Å². The first-order valence-corrected chi connectivity index (χ1v) is 14.7. The number of carbonyl (C=O) groups is 1. The Balaban J connectivity index is 1.35. The Bertz CT molecular complexity index is 1420. The molecule has 0 radical (unpaired) electrons. The molecule has 0 unspecified atom stereocenters. The number of aliphatic imine (C=N–C) groups is 1. The van der Waals surface area contributed by atoms with Crippen LogP contribution in [0, 0.1) is 5.82 Å². The van der Waals surface area contributed by atoms with Gasteiger partial charge < -0.3 is 10.2 Å². The fraction of sp³-hybridized carbons (Fsp3) is 0.286. The lowest BCUT2D eigenvalue weighted by Gasteiger charge is -2.32. The van der Waals surface area contributed by atoms with Crippen molar-refractivity contribution in [3.05, 3.63) is 126 Å². The van der Waals surface area contributed by atoms with Gasteiger partial charge in [0, 0.05) is 24.8 Å². The van der Waals surface area contributed by atoms with Crippen LogP contribution in [0.25, 0.3) is 0 Å². The molecule has 42 heavy (non-hydrogen) atoms. The summed E-state index contributed by atoms with van der Waals surface area (Å²) < 4.78 is 13.7. The van der Waals surface area contributed by atoms with Crippen molar-refractivity contribution in [1.82, 2.24) is 14.8 Å². The molecule has 2 heterocycles. The highest BCUT2D eigenvalue weighted by Crippen LogP contribution is 2.21. The van der Waals surface area contributed by atoms with Crippen molar-refractivity contribution in [1.29, 1.82) is 0 Å². The fourth-order valence-electron chi connectivity index (χ4n) is 5.15. The van der Waals surface area contributed by atoms with Crippen molar-refractivity contribution in [3.8, 4) is 0 Å².